The van der Waals surface area contributed by atoms with Gasteiger partial charge in [0.05, 0.1) is 0 Å². The first-order valence-corrected chi connectivity index (χ1v) is 4.45. The molecule has 0 saturated heterocycles. The summed E-state index contributed by atoms with van der Waals surface area (Å²) in [6.07, 6.45) is 0. The van der Waals surface area contributed by atoms with Crippen LogP contribution in [0.3, 0.4) is 0 Å². The van der Waals surface area contributed by atoms with Crippen molar-refractivity contribution in [2.45, 2.75) is 6.54 Å². The first kappa shape index (κ1) is 9.44. The Hall–Kier alpha value is -0.650. The number of carbonyl (C=O) groups is 1. The second-order valence-corrected chi connectivity index (χ2v) is 3.20. The fourth-order valence-electron chi connectivity index (χ4n) is 0.806. The van der Waals surface area contributed by atoms with Gasteiger partial charge in [-0.1, -0.05) is 18.2 Å². The van der Waals surface area contributed by atoms with E-state index in [0.717, 1.165) is 0 Å². The van der Waals surface area contributed by atoms with Gasteiger partial charge in [-0.05, 0) is 6.07 Å². The van der Waals surface area contributed by atoms with Gasteiger partial charge in [-0.2, -0.15) is 0 Å². The molecule has 0 aromatic heterocycles. The van der Waals surface area contributed by atoms with Crippen molar-refractivity contribution in [2.75, 3.05) is 0 Å². The molecule has 64 valence electrons. The molecule has 0 bridgehead atoms. The highest BCUT2D eigenvalue weighted by Gasteiger charge is 2.00. The molecule has 0 fully saturated rings. The minimum Gasteiger partial charge on any atom is -0.343 e. The van der Waals surface area contributed by atoms with Crippen molar-refractivity contribution in [2.24, 2.45) is 0 Å². The van der Waals surface area contributed by atoms with E-state index >= 15 is 0 Å². The van der Waals surface area contributed by atoms with E-state index in [9.17, 15) is 9.18 Å². The monoisotopic (exact) mass is 279 g/mol. The Kier molecular flexibility index (Phi) is 3.46. The number of amides is 1. The molecule has 0 aliphatic rings. The number of benzene rings is 1. The fraction of sp³-hybridized carbons (Fsp3) is 0.125. The molecule has 0 radical (unpaired) electrons. The molecule has 1 aromatic carbocycles. The predicted octanol–water partition coefficient (Wildman–Crippen LogP) is 2.47. The number of rotatable bonds is 2. The Balaban J connectivity index is 2.63. The molecule has 0 heterocycles. The zero-order valence-electron chi connectivity index (χ0n) is 6.18. The van der Waals surface area contributed by atoms with E-state index in [1.807, 2.05) is 0 Å². The lowest BCUT2D eigenvalue weighted by Gasteiger charge is -2.01. The average molecular weight is 279 g/mol. The van der Waals surface area contributed by atoms with Gasteiger partial charge in [0.1, 0.15) is 5.82 Å². The Morgan fingerprint density at radius 1 is 1.50 bits per heavy atom. The SMILES string of the molecule is O=C(I)NCc1ccccc1F. The van der Waals surface area contributed by atoms with E-state index in [1.54, 1.807) is 40.8 Å². The standard InChI is InChI=1S/C8H7FINO/c9-7-4-2-1-3-6(7)5-11-8(10)12/h1-4H,5H2,(H,11,12). The van der Waals surface area contributed by atoms with Crippen LogP contribution in [0.5, 0.6) is 0 Å². The summed E-state index contributed by atoms with van der Waals surface area (Å²) in [5.74, 6) is -0.289. The number of halogens is 2. The van der Waals surface area contributed by atoms with Crippen LogP contribution in [0.25, 0.3) is 0 Å². The van der Waals surface area contributed by atoms with Gasteiger partial charge in [0.2, 0.25) is 0 Å². The highest BCUT2D eigenvalue weighted by atomic mass is 127. The molecule has 0 aliphatic heterocycles. The zero-order chi connectivity index (χ0) is 8.97. The lowest BCUT2D eigenvalue weighted by molar-refractivity contribution is 0.262. The molecule has 0 spiro atoms. The minimum absolute atomic E-state index is 0.184. The van der Waals surface area contributed by atoms with Crippen LogP contribution in [0.1, 0.15) is 5.56 Å². The van der Waals surface area contributed by atoms with Gasteiger partial charge in [0.25, 0.3) is 3.91 Å². The van der Waals surface area contributed by atoms with Crippen molar-refractivity contribution in [3.63, 3.8) is 0 Å². The third kappa shape index (κ3) is 2.77. The highest BCUT2D eigenvalue weighted by molar-refractivity contribution is 14.1. The van der Waals surface area contributed by atoms with E-state index in [-0.39, 0.29) is 16.3 Å². The maximum absolute atomic E-state index is 12.9. The maximum atomic E-state index is 12.9. The number of hydrogen-bond acceptors (Lipinski definition) is 1. The lowest BCUT2D eigenvalue weighted by atomic mass is 10.2. The Bertz CT molecular complexity index is 290. The van der Waals surface area contributed by atoms with Gasteiger partial charge in [-0.25, -0.2) is 4.39 Å². The Morgan fingerprint density at radius 3 is 2.75 bits per heavy atom. The van der Waals surface area contributed by atoms with E-state index in [4.69, 9.17) is 0 Å². The summed E-state index contributed by atoms with van der Waals surface area (Å²) in [6.45, 7) is 0.244. The molecule has 0 unspecified atom stereocenters. The molecule has 1 N–H and O–H groups in total. The van der Waals surface area contributed by atoms with Gasteiger partial charge >= 0.3 is 0 Å². The Labute approximate surface area is 83.3 Å². The van der Waals surface area contributed by atoms with Crippen molar-refractivity contribution < 1.29 is 9.18 Å². The summed E-state index contributed by atoms with van der Waals surface area (Å²) >= 11 is 1.61. The minimum atomic E-state index is -0.289. The highest BCUT2D eigenvalue weighted by Crippen LogP contribution is 2.05. The molecule has 1 rings (SSSR count). The molecule has 12 heavy (non-hydrogen) atoms. The normalized spacial score (nSPS) is 9.50. The van der Waals surface area contributed by atoms with E-state index < -0.39 is 0 Å². The summed E-state index contributed by atoms with van der Waals surface area (Å²) in [4.78, 5) is 10.5. The van der Waals surface area contributed by atoms with Gasteiger partial charge in [-0.3, -0.25) is 4.79 Å². The zero-order valence-corrected chi connectivity index (χ0v) is 8.34. The van der Waals surface area contributed by atoms with Crippen LogP contribution in [0.2, 0.25) is 0 Å². The molecular formula is C8H7FINO. The quantitative estimate of drug-likeness (QED) is 0.503. The largest absolute Gasteiger partial charge is 0.343 e. The predicted molar refractivity (Wildman–Crippen MR) is 52.7 cm³/mol. The second-order valence-electron chi connectivity index (χ2n) is 2.22. The third-order valence-corrected chi connectivity index (χ3v) is 1.76. The van der Waals surface area contributed by atoms with Gasteiger partial charge in [-0.15, -0.1) is 0 Å². The van der Waals surface area contributed by atoms with E-state index in [0.29, 0.717) is 5.56 Å². The molecule has 1 amide bonds. The fourth-order valence-corrected chi connectivity index (χ4v) is 0.997. The number of nitrogens with one attached hydrogen (secondary N) is 1. The van der Waals surface area contributed by atoms with Crippen LogP contribution in [-0.4, -0.2) is 3.91 Å². The number of carbonyl (C=O) groups excluding carboxylic acids is 1. The summed E-state index contributed by atoms with van der Waals surface area (Å²) in [5, 5.41) is 2.51. The molecule has 0 aliphatic carbocycles. The van der Waals surface area contributed by atoms with Crippen LogP contribution < -0.4 is 5.32 Å². The van der Waals surface area contributed by atoms with Crippen molar-refractivity contribution in [3.8, 4) is 0 Å². The first-order valence-electron chi connectivity index (χ1n) is 3.37. The molecule has 0 saturated carbocycles. The molecule has 0 atom stereocenters. The smallest absolute Gasteiger partial charge is 0.280 e. The van der Waals surface area contributed by atoms with Crippen molar-refractivity contribution >= 4 is 26.5 Å². The van der Waals surface area contributed by atoms with Gasteiger partial charge < -0.3 is 5.32 Å². The van der Waals surface area contributed by atoms with Crippen LogP contribution in [0, 0.1) is 5.82 Å². The first-order chi connectivity index (χ1) is 5.70. The van der Waals surface area contributed by atoms with Crippen LogP contribution in [0.15, 0.2) is 24.3 Å². The van der Waals surface area contributed by atoms with Crippen LogP contribution in [-0.2, 0) is 6.54 Å². The molecule has 2 nitrogen and oxygen atoms in total. The Morgan fingerprint density at radius 2 is 2.17 bits per heavy atom. The summed E-state index contributed by atoms with van der Waals surface area (Å²) in [5.41, 5.74) is 0.502. The topological polar surface area (TPSA) is 29.1 Å². The van der Waals surface area contributed by atoms with Gasteiger partial charge in [0, 0.05) is 34.7 Å². The van der Waals surface area contributed by atoms with Gasteiger partial charge in [0.15, 0.2) is 0 Å². The third-order valence-electron chi connectivity index (χ3n) is 1.38. The second kappa shape index (κ2) is 4.39. The average Bonchev–Trinajstić information content (AvgIpc) is 2.03. The summed E-state index contributed by atoms with van der Waals surface area (Å²) in [6, 6.07) is 6.36. The van der Waals surface area contributed by atoms with Crippen molar-refractivity contribution in [1.82, 2.24) is 5.32 Å². The molecular weight excluding hydrogens is 272 g/mol. The van der Waals surface area contributed by atoms with E-state index in [1.165, 1.54) is 6.07 Å². The van der Waals surface area contributed by atoms with Crippen molar-refractivity contribution in [3.05, 3.63) is 35.6 Å². The van der Waals surface area contributed by atoms with E-state index in [2.05, 4.69) is 5.32 Å². The number of hydrogen-bond donors (Lipinski definition) is 1. The maximum Gasteiger partial charge on any atom is 0.280 e. The van der Waals surface area contributed by atoms with Crippen LogP contribution >= 0.6 is 22.6 Å². The summed E-state index contributed by atoms with van der Waals surface area (Å²) in [7, 11) is 0. The molecule has 4 heteroatoms. The summed E-state index contributed by atoms with van der Waals surface area (Å²) < 4.78 is 12.7. The van der Waals surface area contributed by atoms with Crippen molar-refractivity contribution in [1.29, 1.82) is 0 Å². The van der Waals surface area contributed by atoms with Crippen LogP contribution in [0.4, 0.5) is 9.18 Å². The molecule has 1 aromatic rings. The lowest BCUT2D eigenvalue weighted by Crippen LogP contribution is -2.15.